The molecule has 2 N–H and O–H groups in total. The smallest absolute Gasteiger partial charge is 0.254 e. The Labute approximate surface area is 194 Å². The summed E-state index contributed by atoms with van der Waals surface area (Å²) < 4.78 is 14.9. The predicted molar refractivity (Wildman–Crippen MR) is 121 cm³/mol. The molecule has 2 amide bonds. The third-order valence-electron chi connectivity index (χ3n) is 5.14. The Hall–Kier alpha value is -2.90. The number of nitrogens with one attached hydrogen (secondary N) is 2. The van der Waals surface area contributed by atoms with E-state index in [1.807, 2.05) is 0 Å². The maximum atomic E-state index is 13.2. The van der Waals surface area contributed by atoms with Crippen LogP contribution in [0.3, 0.4) is 0 Å². The molecule has 6 nitrogen and oxygen atoms in total. The first-order valence-electron chi connectivity index (χ1n) is 10.2. The lowest BCUT2D eigenvalue weighted by atomic mass is 10.1. The maximum absolute atomic E-state index is 13.2. The van der Waals surface area contributed by atoms with E-state index in [0.717, 1.165) is 18.5 Å². The minimum absolute atomic E-state index is 0.0756. The SMILES string of the molecule is O=C(Cc1cccc(F)c1)NCCNC(=O)c1cnn(-c2ccc(Cl)cc2Cl)c1C1CC1. The number of carbonyl (C=O) groups excluding carboxylic acids is 2. The molecule has 1 heterocycles. The number of halogens is 3. The first-order chi connectivity index (χ1) is 15.4. The zero-order chi connectivity index (χ0) is 22.7. The van der Waals surface area contributed by atoms with Crippen molar-refractivity contribution in [3.05, 3.63) is 81.3 Å². The summed E-state index contributed by atoms with van der Waals surface area (Å²) in [6, 6.07) is 11.1. The van der Waals surface area contributed by atoms with Crippen LogP contribution in [-0.4, -0.2) is 34.7 Å². The number of rotatable bonds is 8. The molecule has 1 aliphatic rings. The number of nitrogens with zero attached hydrogens (tertiary/aromatic N) is 2. The number of aromatic nitrogens is 2. The van der Waals surface area contributed by atoms with Crippen LogP contribution in [0.2, 0.25) is 10.0 Å². The van der Waals surface area contributed by atoms with Crippen molar-refractivity contribution < 1.29 is 14.0 Å². The first-order valence-corrected chi connectivity index (χ1v) is 11.0. The van der Waals surface area contributed by atoms with Crippen LogP contribution < -0.4 is 10.6 Å². The van der Waals surface area contributed by atoms with Crippen molar-refractivity contribution in [3.8, 4) is 5.69 Å². The number of carbonyl (C=O) groups is 2. The van der Waals surface area contributed by atoms with Gasteiger partial charge in [-0.15, -0.1) is 0 Å². The molecular weight excluding hydrogens is 454 g/mol. The Morgan fingerprint density at radius 1 is 1.09 bits per heavy atom. The van der Waals surface area contributed by atoms with Gasteiger partial charge in [0.25, 0.3) is 5.91 Å². The van der Waals surface area contributed by atoms with Crippen molar-refractivity contribution >= 4 is 35.0 Å². The fraction of sp³-hybridized carbons (Fsp3) is 0.261. The molecule has 9 heteroatoms. The number of amides is 2. The van der Waals surface area contributed by atoms with Gasteiger partial charge in [-0.2, -0.15) is 5.10 Å². The van der Waals surface area contributed by atoms with Crippen molar-refractivity contribution in [2.45, 2.75) is 25.2 Å². The third kappa shape index (κ3) is 5.29. The summed E-state index contributed by atoms with van der Waals surface area (Å²) in [6.07, 6.45) is 3.57. The molecule has 0 radical (unpaired) electrons. The van der Waals surface area contributed by atoms with Crippen LogP contribution in [0.4, 0.5) is 4.39 Å². The highest BCUT2D eigenvalue weighted by atomic mass is 35.5. The molecule has 1 aromatic heterocycles. The highest BCUT2D eigenvalue weighted by Gasteiger charge is 2.33. The van der Waals surface area contributed by atoms with Crippen LogP contribution in [0.5, 0.6) is 0 Å². The second-order valence-corrected chi connectivity index (χ2v) is 8.48. The van der Waals surface area contributed by atoms with E-state index in [4.69, 9.17) is 23.2 Å². The topological polar surface area (TPSA) is 76.0 Å². The van der Waals surface area contributed by atoms with Crippen LogP contribution in [0.25, 0.3) is 5.69 Å². The molecule has 3 aromatic rings. The van der Waals surface area contributed by atoms with Crippen LogP contribution >= 0.6 is 23.2 Å². The average molecular weight is 475 g/mol. The zero-order valence-corrected chi connectivity index (χ0v) is 18.6. The van der Waals surface area contributed by atoms with E-state index in [-0.39, 0.29) is 43.1 Å². The molecule has 0 saturated heterocycles. The third-order valence-corrected chi connectivity index (χ3v) is 5.68. The molecular formula is C23H21Cl2FN4O2. The van der Waals surface area contributed by atoms with Crippen molar-refractivity contribution in [1.29, 1.82) is 0 Å². The summed E-state index contributed by atoms with van der Waals surface area (Å²) in [5.74, 6) is -0.637. The van der Waals surface area contributed by atoms with E-state index in [9.17, 15) is 14.0 Å². The Morgan fingerprint density at radius 2 is 1.88 bits per heavy atom. The lowest BCUT2D eigenvalue weighted by Gasteiger charge is -2.11. The number of hydrogen-bond donors (Lipinski definition) is 2. The van der Waals surface area contributed by atoms with E-state index in [1.54, 1.807) is 35.0 Å². The maximum Gasteiger partial charge on any atom is 0.254 e. The van der Waals surface area contributed by atoms with E-state index in [1.165, 1.54) is 18.3 Å². The van der Waals surface area contributed by atoms with Gasteiger partial charge in [0.1, 0.15) is 5.82 Å². The van der Waals surface area contributed by atoms with Gasteiger partial charge in [0.15, 0.2) is 0 Å². The molecule has 1 aliphatic carbocycles. The molecule has 0 aliphatic heterocycles. The quantitative estimate of drug-likeness (QED) is 0.478. The van der Waals surface area contributed by atoms with E-state index in [0.29, 0.717) is 26.9 Å². The number of benzene rings is 2. The van der Waals surface area contributed by atoms with Gasteiger partial charge in [0, 0.05) is 24.0 Å². The van der Waals surface area contributed by atoms with Gasteiger partial charge in [-0.1, -0.05) is 35.3 Å². The Bertz CT molecular complexity index is 1160. The summed E-state index contributed by atoms with van der Waals surface area (Å²) in [5, 5.41) is 10.9. The molecule has 0 unspecified atom stereocenters. The summed E-state index contributed by atoms with van der Waals surface area (Å²) in [6.45, 7) is 0.514. The van der Waals surface area contributed by atoms with Crippen LogP contribution in [0.15, 0.2) is 48.7 Å². The summed E-state index contributed by atoms with van der Waals surface area (Å²) >= 11 is 12.3. The zero-order valence-electron chi connectivity index (χ0n) is 17.1. The minimum atomic E-state index is -0.380. The van der Waals surface area contributed by atoms with Crippen molar-refractivity contribution in [2.24, 2.45) is 0 Å². The standard InChI is InChI=1S/C23H21Cl2FN4O2/c24-16-6-7-20(19(25)12-16)30-22(15-4-5-15)18(13-29-30)23(32)28-9-8-27-21(31)11-14-2-1-3-17(26)10-14/h1-3,6-7,10,12-13,15H,4-5,8-9,11H2,(H,27,31)(H,28,32). The molecule has 0 atom stereocenters. The average Bonchev–Trinajstić information content (AvgIpc) is 3.49. The molecule has 32 heavy (non-hydrogen) atoms. The van der Waals surface area contributed by atoms with Crippen LogP contribution in [0, 0.1) is 5.82 Å². The Kier molecular flexibility index (Phi) is 6.77. The lowest BCUT2D eigenvalue weighted by molar-refractivity contribution is -0.120. The van der Waals surface area contributed by atoms with E-state index in [2.05, 4.69) is 15.7 Å². The van der Waals surface area contributed by atoms with Gasteiger partial charge < -0.3 is 10.6 Å². The number of hydrogen-bond acceptors (Lipinski definition) is 3. The highest BCUT2D eigenvalue weighted by Crippen LogP contribution is 2.43. The molecule has 0 spiro atoms. The van der Waals surface area contributed by atoms with Crippen LogP contribution in [-0.2, 0) is 11.2 Å². The van der Waals surface area contributed by atoms with Gasteiger partial charge in [0.2, 0.25) is 5.91 Å². The molecule has 4 rings (SSSR count). The van der Waals surface area contributed by atoms with Gasteiger partial charge in [-0.3, -0.25) is 9.59 Å². The van der Waals surface area contributed by atoms with Crippen molar-refractivity contribution in [1.82, 2.24) is 20.4 Å². The second-order valence-electron chi connectivity index (χ2n) is 7.64. The minimum Gasteiger partial charge on any atom is -0.354 e. The van der Waals surface area contributed by atoms with E-state index < -0.39 is 0 Å². The van der Waals surface area contributed by atoms with Crippen molar-refractivity contribution in [3.63, 3.8) is 0 Å². The largest absolute Gasteiger partial charge is 0.354 e. The summed E-state index contributed by atoms with van der Waals surface area (Å²) in [5.41, 5.74) is 2.57. The Morgan fingerprint density at radius 3 is 2.59 bits per heavy atom. The Balaban J connectivity index is 1.36. The highest BCUT2D eigenvalue weighted by molar-refractivity contribution is 6.35. The molecule has 1 fully saturated rings. The van der Waals surface area contributed by atoms with E-state index >= 15 is 0 Å². The predicted octanol–water partition coefficient (Wildman–Crippen LogP) is 4.28. The molecule has 2 aromatic carbocycles. The lowest BCUT2D eigenvalue weighted by Crippen LogP contribution is -2.35. The molecule has 0 bridgehead atoms. The summed E-state index contributed by atoms with van der Waals surface area (Å²) in [7, 11) is 0. The normalized spacial score (nSPS) is 13.1. The fourth-order valence-corrected chi connectivity index (χ4v) is 3.98. The monoisotopic (exact) mass is 474 g/mol. The van der Waals surface area contributed by atoms with Gasteiger partial charge in [-0.05, 0) is 48.7 Å². The first kappa shape index (κ1) is 22.3. The summed E-state index contributed by atoms with van der Waals surface area (Å²) in [4.78, 5) is 24.8. The van der Waals surface area contributed by atoms with Gasteiger partial charge in [-0.25, -0.2) is 9.07 Å². The molecule has 166 valence electrons. The van der Waals surface area contributed by atoms with Gasteiger partial charge >= 0.3 is 0 Å². The van der Waals surface area contributed by atoms with Crippen LogP contribution in [0.1, 0.15) is 40.4 Å². The molecule has 1 saturated carbocycles. The van der Waals surface area contributed by atoms with Gasteiger partial charge in [0.05, 0.1) is 34.6 Å². The second kappa shape index (κ2) is 9.71. The van der Waals surface area contributed by atoms with Crippen molar-refractivity contribution in [2.75, 3.05) is 13.1 Å². The fourth-order valence-electron chi connectivity index (χ4n) is 3.50.